The van der Waals surface area contributed by atoms with E-state index in [0.717, 1.165) is 56.6 Å². The Bertz CT molecular complexity index is 1610. The van der Waals surface area contributed by atoms with Crippen LogP contribution in [0.15, 0.2) is 54.3 Å². The molecule has 1 saturated heterocycles. The largest absolute Gasteiger partial charge is 0.334 e. The summed E-state index contributed by atoms with van der Waals surface area (Å²) in [7, 11) is 2.15. The van der Waals surface area contributed by atoms with Crippen molar-refractivity contribution < 1.29 is 14.0 Å². The zero-order valence-corrected chi connectivity index (χ0v) is 23.7. The summed E-state index contributed by atoms with van der Waals surface area (Å²) < 4.78 is 17.6. The normalized spacial score (nSPS) is 18.0. The second-order valence-electron chi connectivity index (χ2n) is 11.2. The fourth-order valence-electron chi connectivity index (χ4n) is 6.45. The van der Waals surface area contributed by atoms with Crippen molar-refractivity contribution in [1.82, 2.24) is 24.3 Å². The van der Waals surface area contributed by atoms with Gasteiger partial charge in [0, 0.05) is 34.9 Å². The lowest BCUT2D eigenvalue weighted by Crippen LogP contribution is -2.38. The summed E-state index contributed by atoms with van der Waals surface area (Å²) >= 11 is 1.30. The van der Waals surface area contributed by atoms with Gasteiger partial charge >= 0.3 is 0 Å². The first-order chi connectivity index (χ1) is 20.0. The van der Waals surface area contributed by atoms with Crippen LogP contribution in [-0.2, 0) is 24.3 Å². The van der Waals surface area contributed by atoms with Gasteiger partial charge in [0.25, 0.3) is 11.8 Å². The number of carbonyl (C=O) groups excluding carboxylic acids is 2. The van der Waals surface area contributed by atoms with Crippen molar-refractivity contribution in [2.24, 2.45) is 0 Å². The number of thiazole rings is 1. The highest BCUT2D eigenvalue weighted by molar-refractivity contribution is 7.13. The van der Waals surface area contributed by atoms with E-state index in [0.29, 0.717) is 33.4 Å². The highest BCUT2D eigenvalue weighted by Gasteiger charge is 2.42. The topological polar surface area (TPSA) is 83.4 Å². The molecule has 3 aliphatic rings. The van der Waals surface area contributed by atoms with E-state index in [-0.39, 0.29) is 12.5 Å². The van der Waals surface area contributed by atoms with Gasteiger partial charge < -0.3 is 14.4 Å². The summed E-state index contributed by atoms with van der Waals surface area (Å²) in [5, 5.41) is 5.05. The number of amides is 2. The Hall–Kier alpha value is -3.89. The fraction of sp³-hybridized carbons (Fsp3) is 0.355. The molecule has 0 saturated carbocycles. The first-order valence-electron chi connectivity index (χ1n) is 14.1. The zero-order chi connectivity index (χ0) is 28.1. The fourth-order valence-corrected chi connectivity index (χ4v) is 6.99. The maximum atomic E-state index is 15.6. The van der Waals surface area contributed by atoms with E-state index in [4.69, 9.17) is 0 Å². The van der Waals surface area contributed by atoms with Gasteiger partial charge in [-0.05, 0) is 80.6 Å². The number of carbonyl (C=O) groups is 2. The number of benzene rings is 2. The number of nitrogens with zero attached hydrogens (tertiary/aromatic N) is 5. The minimum absolute atomic E-state index is 0.00238. The van der Waals surface area contributed by atoms with Gasteiger partial charge in [-0.2, -0.15) is 0 Å². The molecule has 1 N–H and O–H groups in total. The molecule has 1 unspecified atom stereocenters. The number of nitrogens with one attached hydrogen (secondary N) is 1. The zero-order valence-electron chi connectivity index (χ0n) is 22.8. The minimum atomic E-state index is -0.996. The van der Waals surface area contributed by atoms with Crippen molar-refractivity contribution in [3.05, 3.63) is 88.2 Å². The molecule has 0 aliphatic carbocycles. The Balaban J connectivity index is 1.19. The molecule has 0 radical (unpaired) electrons. The Morgan fingerprint density at radius 1 is 1.10 bits per heavy atom. The third-order valence-corrected chi connectivity index (χ3v) is 9.41. The molecule has 1 atom stereocenters. The van der Waals surface area contributed by atoms with Crippen molar-refractivity contribution in [2.75, 3.05) is 25.5 Å². The first-order valence-corrected chi connectivity index (χ1v) is 15.0. The summed E-state index contributed by atoms with van der Waals surface area (Å²) in [4.78, 5) is 40.1. The number of imidazole rings is 1. The molecular weight excluding hydrogens is 539 g/mol. The van der Waals surface area contributed by atoms with E-state index in [2.05, 4.69) is 39.4 Å². The molecule has 2 aromatic carbocycles. The van der Waals surface area contributed by atoms with E-state index in [1.807, 2.05) is 16.7 Å². The molecule has 4 aromatic rings. The molecule has 3 aliphatic heterocycles. The van der Waals surface area contributed by atoms with Gasteiger partial charge in [-0.1, -0.05) is 24.3 Å². The number of aryl methyl sites for hydroxylation is 1. The third kappa shape index (κ3) is 4.74. The maximum Gasteiger partial charge on any atom is 0.255 e. The predicted octanol–water partition coefficient (Wildman–Crippen LogP) is 5.24. The van der Waals surface area contributed by atoms with Crippen LogP contribution in [0.5, 0.6) is 0 Å². The van der Waals surface area contributed by atoms with Crippen LogP contribution in [0.1, 0.15) is 64.1 Å². The number of anilines is 1. The number of aromatic nitrogens is 3. The van der Waals surface area contributed by atoms with Crippen LogP contribution in [0.3, 0.4) is 0 Å². The van der Waals surface area contributed by atoms with Crippen molar-refractivity contribution in [2.45, 2.75) is 50.7 Å². The Morgan fingerprint density at radius 3 is 2.66 bits per heavy atom. The summed E-state index contributed by atoms with van der Waals surface area (Å²) in [6.07, 6.45) is 7.32. The predicted molar refractivity (Wildman–Crippen MR) is 155 cm³/mol. The highest BCUT2D eigenvalue weighted by Crippen LogP contribution is 2.38. The van der Waals surface area contributed by atoms with Gasteiger partial charge in [0.05, 0.1) is 18.6 Å². The van der Waals surface area contributed by atoms with E-state index in [1.54, 1.807) is 24.0 Å². The molecule has 2 amide bonds. The van der Waals surface area contributed by atoms with Gasteiger partial charge in [0.1, 0.15) is 5.82 Å². The van der Waals surface area contributed by atoms with E-state index < -0.39 is 17.8 Å². The van der Waals surface area contributed by atoms with Gasteiger partial charge in [0.2, 0.25) is 0 Å². The molecule has 41 heavy (non-hydrogen) atoms. The van der Waals surface area contributed by atoms with Gasteiger partial charge in [-0.3, -0.25) is 14.9 Å². The van der Waals surface area contributed by atoms with E-state index in [9.17, 15) is 9.59 Å². The molecule has 0 bridgehead atoms. The number of rotatable bonds is 6. The summed E-state index contributed by atoms with van der Waals surface area (Å²) in [5.41, 5.74) is 4.90. The molecular formula is C31H31FN6O2S. The van der Waals surface area contributed by atoms with Crippen LogP contribution < -0.4 is 5.32 Å². The van der Waals surface area contributed by atoms with Crippen molar-refractivity contribution in [3.8, 4) is 11.1 Å². The third-order valence-electron chi connectivity index (χ3n) is 8.72. The molecule has 2 aromatic heterocycles. The smallest absolute Gasteiger partial charge is 0.255 e. The summed E-state index contributed by atoms with van der Waals surface area (Å²) in [6, 6.07) is 10.6. The van der Waals surface area contributed by atoms with Crippen LogP contribution in [0.25, 0.3) is 11.1 Å². The lowest BCUT2D eigenvalue weighted by atomic mass is 9.88. The number of fused-ring (bicyclic) bond motifs is 2. The monoisotopic (exact) mass is 570 g/mol. The number of hydrogen-bond donors (Lipinski definition) is 1. The molecule has 7 rings (SSSR count). The maximum absolute atomic E-state index is 15.6. The SMILES string of the molecule is CN1CCC(c2ccc(-c3cc(F)c4c(c3)C(=O)N(C(C(=O)Nc3nccs3)c3ncn5c3CCC5)C4)cc2)CC1. The van der Waals surface area contributed by atoms with Crippen molar-refractivity contribution in [3.63, 3.8) is 0 Å². The van der Waals surface area contributed by atoms with Crippen LogP contribution in [0.4, 0.5) is 9.52 Å². The van der Waals surface area contributed by atoms with E-state index >= 15 is 4.39 Å². The second-order valence-corrected chi connectivity index (χ2v) is 12.1. The molecule has 210 valence electrons. The highest BCUT2D eigenvalue weighted by atomic mass is 32.1. The number of halogens is 1. The molecule has 0 spiro atoms. The Kier molecular flexibility index (Phi) is 6.67. The quantitative estimate of drug-likeness (QED) is 0.343. The van der Waals surface area contributed by atoms with E-state index in [1.165, 1.54) is 27.9 Å². The molecule has 1 fully saturated rings. The lowest BCUT2D eigenvalue weighted by molar-refractivity contribution is -0.121. The summed E-state index contributed by atoms with van der Waals surface area (Å²) in [5.74, 6) is -0.687. The van der Waals surface area contributed by atoms with Crippen LogP contribution in [-0.4, -0.2) is 56.3 Å². The number of likely N-dealkylation sites (tertiary alicyclic amines) is 1. The Labute approximate surface area is 241 Å². The average molecular weight is 571 g/mol. The minimum Gasteiger partial charge on any atom is -0.334 e. The van der Waals surface area contributed by atoms with Gasteiger partial charge in [-0.15, -0.1) is 11.3 Å². The standard InChI is InChI=1S/C31H31FN6O2S/c1-36-12-8-21(9-13-36)19-4-6-20(7-5-19)22-15-23-24(25(32)16-22)17-38(30(23)40)28(29(39)35-31-33-10-14-41-31)27-26-3-2-11-37(26)18-34-27/h4-7,10,14-16,18,21,28H,2-3,8-9,11-13,17H2,1H3,(H,33,35,39). The van der Waals surface area contributed by atoms with Crippen LogP contribution in [0.2, 0.25) is 0 Å². The van der Waals surface area contributed by atoms with Crippen molar-refractivity contribution >= 4 is 28.3 Å². The average Bonchev–Trinajstić information content (AvgIpc) is 3.78. The Morgan fingerprint density at radius 2 is 1.90 bits per heavy atom. The first kappa shape index (κ1) is 26.0. The molecule has 10 heteroatoms. The number of hydrogen-bond acceptors (Lipinski definition) is 6. The van der Waals surface area contributed by atoms with Crippen LogP contribution in [0, 0.1) is 5.82 Å². The number of piperidine rings is 1. The molecule has 8 nitrogen and oxygen atoms in total. The van der Waals surface area contributed by atoms with Gasteiger partial charge in [-0.25, -0.2) is 14.4 Å². The van der Waals surface area contributed by atoms with Crippen LogP contribution >= 0.6 is 11.3 Å². The summed E-state index contributed by atoms with van der Waals surface area (Å²) in [6.45, 7) is 3.00. The van der Waals surface area contributed by atoms with Crippen molar-refractivity contribution in [1.29, 1.82) is 0 Å². The lowest BCUT2D eigenvalue weighted by Gasteiger charge is -2.29. The molecule has 5 heterocycles. The second kappa shape index (κ2) is 10.5. The van der Waals surface area contributed by atoms with Gasteiger partial charge in [0.15, 0.2) is 11.2 Å².